The number of nitrogens with two attached hydrogens (primary N) is 1. The van der Waals surface area contributed by atoms with Crippen LogP contribution in [0.2, 0.25) is 0 Å². The highest BCUT2D eigenvalue weighted by molar-refractivity contribution is 7.80. The van der Waals surface area contributed by atoms with Crippen molar-refractivity contribution in [2.45, 2.75) is 25.0 Å². The van der Waals surface area contributed by atoms with Crippen LogP contribution in [0.5, 0.6) is 0 Å². The van der Waals surface area contributed by atoms with Crippen molar-refractivity contribution >= 4 is 17.2 Å². The van der Waals surface area contributed by atoms with Crippen molar-refractivity contribution in [3.8, 4) is 0 Å². The summed E-state index contributed by atoms with van der Waals surface area (Å²) < 4.78 is 7.23. The summed E-state index contributed by atoms with van der Waals surface area (Å²) in [5.74, 6) is 0. The summed E-state index contributed by atoms with van der Waals surface area (Å²) >= 11 is 5.11. The third-order valence-electron chi connectivity index (χ3n) is 3.54. The fraction of sp³-hybridized carbons (Fsp3) is 0.727. The number of aromatic nitrogens is 3. The lowest BCUT2D eigenvalue weighted by atomic mass is 9.91. The first kappa shape index (κ1) is 13.4. The van der Waals surface area contributed by atoms with E-state index >= 15 is 0 Å². The van der Waals surface area contributed by atoms with Crippen molar-refractivity contribution < 1.29 is 4.74 Å². The molecule has 0 saturated carbocycles. The van der Waals surface area contributed by atoms with Crippen LogP contribution in [0.25, 0.3) is 0 Å². The Labute approximate surface area is 112 Å². The molecular formula is C11H19N5OS. The van der Waals surface area contributed by atoms with Crippen LogP contribution in [0.1, 0.15) is 18.5 Å². The molecule has 0 atom stereocenters. The van der Waals surface area contributed by atoms with Crippen LogP contribution in [0, 0.1) is 0 Å². The lowest BCUT2D eigenvalue weighted by Crippen LogP contribution is -2.52. The molecular weight excluding hydrogens is 250 g/mol. The molecule has 2 heterocycles. The summed E-state index contributed by atoms with van der Waals surface area (Å²) in [5, 5.41) is 8.02. The zero-order valence-electron chi connectivity index (χ0n) is 10.8. The number of aryl methyl sites for hydroxylation is 1. The van der Waals surface area contributed by atoms with Gasteiger partial charge < -0.3 is 10.5 Å². The van der Waals surface area contributed by atoms with Crippen LogP contribution in [0.3, 0.4) is 0 Å². The van der Waals surface area contributed by atoms with Crippen molar-refractivity contribution in [1.82, 2.24) is 19.9 Å². The van der Waals surface area contributed by atoms with E-state index in [1.54, 1.807) is 11.8 Å². The van der Waals surface area contributed by atoms with Gasteiger partial charge in [0.05, 0.1) is 5.69 Å². The number of methoxy groups -OCH3 is 1. The standard InChI is InChI=1S/C11H19N5OS/c1-15-7-9(13-14-15)8-16-5-3-11(17-2,4-6-16)10(12)18/h7H,3-6,8H2,1-2H3,(H2,12,18). The number of ether oxygens (including phenoxy) is 1. The number of hydrogen-bond acceptors (Lipinski definition) is 5. The molecule has 0 radical (unpaired) electrons. The van der Waals surface area contributed by atoms with Gasteiger partial charge in [-0.05, 0) is 12.8 Å². The van der Waals surface area contributed by atoms with E-state index in [0.717, 1.165) is 38.2 Å². The lowest BCUT2D eigenvalue weighted by Gasteiger charge is -2.39. The Morgan fingerprint density at radius 2 is 2.22 bits per heavy atom. The van der Waals surface area contributed by atoms with E-state index in [9.17, 15) is 0 Å². The normalized spacial score (nSPS) is 19.9. The Balaban J connectivity index is 1.92. The SMILES string of the molecule is COC1(C(N)=S)CCN(Cc2cn(C)nn2)CC1. The van der Waals surface area contributed by atoms with Gasteiger partial charge in [-0.1, -0.05) is 17.4 Å². The Hall–Kier alpha value is -1.05. The smallest absolute Gasteiger partial charge is 0.120 e. The molecule has 0 spiro atoms. The van der Waals surface area contributed by atoms with E-state index in [4.69, 9.17) is 22.7 Å². The zero-order chi connectivity index (χ0) is 13.2. The van der Waals surface area contributed by atoms with E-state index in [2.05, 4.69) is 15.2 Å². The fourth-order valence-corrected chi connectivity index (χ4v) is 2.61. The lowest BCUT2D eigenvalue weighted by molar-refractivity contribution is -0.00551. The van der Waals surface area contributed by atoms with Crippen molar-refractivity contribution in [1.29, 1.82) is 0 Å². The zero-order valence-corrected chi connectivity index (χ0v) is 11.6. The highest BCUT2D eigenvalue weighted by Crippen LogP contribution is 2.26. The van der Waals surface area contributed by atoms with E-state index in [-0.39, 0.29) is 0 Å². The average molecular weight is 269 g/mol. The van der Waals surface area contributed by atoms with E-state index in [0.29, 0.717) is 4.99 Å². The van der Waals surface area contributed by atoms with E-state index < -0.39 is 5.60 Å². The molecule has 1 aliphatic heterocycles. The molecule has 1 fully saturated rings. The summed E-state index contributed by atoms with van der Waals surface area (Å²) in [7, 11) is 3.55. The van der Waals surface area contributed by atoms with Crippen LogP contribution in [0.15, 0.2) is 6.20 Å². The van der Waals surface area contributed by atoms with Gasteiger partial charge in [0, 0.05) is 40.0 Å². The quantitative estimate of drug-likeness (QED) is 0.781. The van der Waals surface area contributed by atoms with Gasteiger partial charge in [0.15, 0.2) is 0 Å². The Morgan fingerprint density at radius 1 is 1.56 bits per heavy atom. The van der Waals surface area contributed by atoms with Gasteiger partial charge in [-0.2, -0.15) is 0 Å². The van der Waals surface area contributed by atoms with Gasteiger partial charge in [0.25, 0.3) is 0 Å². The molecule has 2 N–H and O–H groups in total. The van der Waals surface area contributed by atoms with Crippen LogP contribution in [-0.2, 0) is 18.3 Å². The molecule has 0 amide bonds. The van der Waals surface area contributed by atoms with E-state index in [1.807, 2.05) is 13.2 Å². The van der Waals surface area contributed by atoms with Gasteiger partial charge in [-0.3, -0.25) is 9.58 Å². The second kappa shape index (κ2) is 5.29. The molecule has 6 nitrogen and oxygen atoms in total. The summed E-state index contributed by atoms with van der Waals surface area (Å²) in [4.78, 5) is 2.78. The molecule has 0 aromatic carbocycles. The van der Waals surface area contributed by atoms with Gasteiger partial charge in [0.1, 0.15) is 10.6 Å². The maximum atomic E-state index is 5.78. The number of hydrogen-bond donors (Lipinski definition) is 1. The Morgan fingerprint density at radius 3 is 2.67 bits per heavy atom. The minimum Gasteiger partial charge on any atom is -0.391 e. The molecule has 100 valence electrons. The first-order valence-corrected chi connectivity index (χ1v) is 6.39. The molecule has 0 unspecified atom stereocenters. The third-order valence-corrected chi connectivity index (χ3v) is 3.91. The van der Waals surface area contributed by atoms with Crippen molar-refractivity contribution in [2.75, 3.05) is 20.2 Å². The summed E-state index contributed by atoms with van der Waals surface area (Å²) in [6, 6.07) is 0. The van der Waals surface area contributed by atoms with Crippen LogP contribution < -0.4 is 5.73 Å². The highest BCUT2D eigenvalue weighted by Gasteiger charge is 2.37. The van der Waals surface area contributed by atoms with Gasteiger partial charge in [0.2, 0.25) is 0 Å². The Bertz CT molecular complexity index is 425. The van der Waals surface area contributed by atoms with Crippen molar-refractivity contribution in [3.63, 3.8) is 0 Å². The molecule has 1 aromatic heterocycles. The average Bonchev–Trinajstić information content (AvgIpc) is 2.76. The molecule has 1 saturated heterocycles. The van der Waals surface area contributed by atoms with E-state index in [1.165, 1.54) is 0 Å². The first-order valence-electron chi connectivity index (χ1n) is 5.98. The first-order chi connectivity index (χ1) is 8.55. The van der Waals surface area contributed by atoms with Crippen LogP contribution in [-0.4, -0.2) is 50.7 Å². The summed E-state index contributed by atoms with van der Waals surface area (Å²) in [5.41, 5.74) is 6.34. The molecule has 1 aromatic rings. The minimum atomic E-state index is -0.422. The highest BCUT2D eigenvalue weighted by atomic mass is 32.1. The molecule has 18 heavy (non-hydrogen) atoms. The van der Waals surface area contributed by atoms with Crippen molar-refractivity contribution in [3.05, 3.63) is 11.9 Å². The van der Waals surface area contributed by atoms with Crippen LogP contribution in [0.4, 0.5) is 0 Å². The van der Waals surface area contributed by atoms with Gasteiger partial charge >= 0.3 is 0 Å². The number of likely N-dealkylation sites (tertiary alicyclic amines) is 1. The number of rotatable bonds is 4. The minimum absolute atomic E-state index is 0.422. The van der Waals surface area contributed by atoms with Crippen molar-refractivity contribution in [2.24, 2.45) is 12.8 Å². The summed E-state index contributed by atoms with van der Waals surface area (Å²) in [6.45, 7) is 2.62. The van der Waals surface area contributed by atoms with Gasteiger partial charge in [-0.25, -0.2) is 0 Å². The topological polar surface area (TPSA) is 69.2 Å². The maximum absolute atomic E-state index is 5.78. The maximum Gasteiger partial charge on any atom is 0.120 e. The number of piperidine rings is 1. The monoisotopic (exact) mass is 269 g/mol. The molecule has 1 aliphatic rings. The second-order valence-electron chi connectivity index (χ2n) is 4.72. The second-order valence-corrected chi connectivity index (χ2v) is 5.16. The predicted molar refractivity (Wildman–Crippen MR) is 72.0 cm³/mol. The predicted octanol–water partition coefficient (Wildman–Crippen LogP) is 0.0822. The largest absolute Gasteiger partial charge is 0.391 e. The Kier molecular flexibility index (Phi) is 3.94. The summed E-state index contributed by atoms with van der Waals surface area (Å²) in [6.07, 6.45) is 3.60. The molecule has 0 bridgehead atoms. The third kappa shape index (κ3) is 2.68. The fourth-order valence-electron chi connectivity index (χ4n) is 2.32. The van der Waals surface area contributed by atoms with Crippen LogP contribution >= 0.6 is 12.2 Å². The molecule has 7 heteroatoms. The number of nitrogens with zero attached hydrogens (tertiary/aromatic N) is 4. The molecule has 0 aliphatic carbocycles. The van der Waals surface area contributed by atoms with Gasteiger partial charge in [-0.15, -0.1) is 5.10 Å². The number of thiocarbonyl (C=S) groups is 1. The molecule has 2 rings (SSSR count).